The summed E-state index contributed by atoms with van der Waals surface area (Å²) in [7, 11) is 4.30. The predicted molar refractivity (Wildman–Crippen MR) is 117 cm³/mol. The molecule has 1 atom stereocenters. The van der Waals surface area contributed by atoms with E-state index in [1.54, 1.807) is 0 Å². The van der Waals surface area contributed by atoms with Crippen molar-refractivity contribution >= 4 is 23.2 Å². The monoisotopic (exact) mass is 402 g/mol. The van der Waals surface area contributed by atoms with E-state index in [2.05, 4.69) is 54.6 Å². The Morgan fingerprint density at radius 3 is 2.18 bits per heavy atom. The highest BCUT2D eigenvalue weighted by atomic mass is 35.5. The number of hydrogen-bond donors (Lipinski definition) is 1. The van der Waals surface area contributed by atoms with Gasteiger partial charge >= 0.3 is 0 Å². The van der Waals surface area contributed by atoms with E-state index in [0.29, 0.717) is 0 Å². The standard InChI is InChI=1S/C23H29ClN2O.H2O/c1-17-9-11-20(12-10-17)25-22(27)21(24)18-13-15-23(16-14-18,26(2)3)19-7-5-4-6-8-19;/h4-12,18,21H,13-16H2,1-3H3,(H,25,27);1H2. The molecule has 0 heterocycles. The Hall–Kier alpha value is -1.88. The van der Waals surface area contributed by atoms with Crippen LogP contribution in [0.5, 0.6) is 0 Å². The number of carbonyl (C=O) groups is 1. The van der Waals surface area contributed by atoms with Crippen molar-refractivity contribution in [3.63, 3.8) is 0 Å². The summed E-state index contributed by atoms with van der Waals surface area (Å²) in [6.07, 6.45) is 3.91. The fraction of sp³-hybridized carbons (Fsp3) is 0.435. The lowest BCUT2D eigenvalue weighted by Gasteiger charge is -2.46. The van der Waals surface area contributed by atoms with Crippen molar-refractivity contribution in [2.45, 2.75) is 43.5 Å². The van der Waals surface area contributed by atoms with E-state index in [1.807, 2.05) is 31.2 Å². The summed E-state index contributed by atoms with van der Waals surface area (Å²) in [5, 5.41) is 2.46. The molecule has 2 aromatic carbocycles. The van der Waals surface area contributed by atoms with Crippen LogP contribution in [-0.4, -0.2) is 35.8 Å². The first-order valence-electron chi connectivity index (χ1n) is 9.67. The molecule has 0 bridgehead atoms. The lowest BCUT2D eigenvalue weighted by atomic mass is 9.71. The number of rotatable bonds is 5. The van der Waals surface area contributed by atoms with Crippen LogP contribution in [0.1, 0.15) is 36.8 Å². The molecule has 0 aromatic heterocycles. The number of amides is 1. The van der Waals surface area contributed by atoms with E-state index in [1.165, 1.54) is 11.1 Å². The normalized spacial score (nSPS) is 23.0. The van der Waals surface area contributed by atoms with Crippen molar-refractivity contribution in [2.24, 2.45) is 5.92 Å². The van der Waals surface area contributed by atoms with Gasteiger partial charge in [0.2, 0.25) is 5.91 Å². The summed E-state index contributed by atoms with van der Waals surface area (Å²) in [4.78, 5) is 14.9. The third-order valence-electron chi connectivity index (χ3n) is 6.01. The summed E-state index contributed by atoms with van der Waals surface area (Å²) in [5.41, 5.74) is 3.35. The van der Waals surface area contributed by atoms with Crippen LogP contribution in [0.2, 0.25) is 0 Å². The van der Waals surface area contributed by atoms with E-state index in [4.69, 9.17) is 11.6 Å². The molecule has 4 nitrogen and oxygen atoms in total. The fourth-order valence-electron chi connectivity index (χ4n) is 4.21. The summed E-state index contributed by atoms with van der Waals surface area (Å²) in [6.45, 7) is 2.03. The Morgan fingerprint density at radius 1 is 1.07 bits per heavy atom. The number of aryl methyl sites for hydroxylation is 1. The number of alkyl halides is 1. The molecular weight excluding hydrogens is 372 g/mol. The van der Waals surface area contributed by atoms with Gasteiger partial charge in [-0.1, -0.05) is 48.0 Å². The molecule has 0 spiro atoms. The van der Waals surface area contributed by atoms with E-state index in [0.717, 1.165) is 31.4 Å². The van der Waals surface area contributed by atoms with Crippen LogP contribution >= 0.6 is 11.6 Å². The zero-order chi connectivity index (χ0) is 19.4. The number of nitrogens with zero attached hydrogens (tertiary/aromatic N) is 1. The summed E-state index contributed by atoms with van der Waals surface area (Å²) in [6, 6.07) is 18.5. The molecule has 152 valence electrons. The number of hydrogen-bond acceptors (Lipinski definition) is 2. The van der Waals surface area contributed by atoms with Crippen molar-refractivity contribution in [1.29, 1.82) is 0 Å². The molecule has 0 saturated heterocycles. The average molecular weight is 403 g/mol. The molecule has 1 saturated carbocycles. The first-order valence-corrected chi connectivity index (χ1v) is 10.1. The third kappa shape index (κ3) is 4.75. The van der Waals surface area contributed by atoms with Gasteiger partial charge < -0.3 is 10.8 Å². The fourth-order valence-corrected chi connectivity index (χ4v) is 4.52. The number of benzene rings is 2. The smallest absolute Gasteiger partial charge is 0.242 e. The molecule has 3 N–H and O–H groups in total. The lowest BCUT2D eigenvalue weighted by Crippen LogP contribution is -2.46. The highest BCUT2D eigenvalue weighted by molar-refractivity contribution is 6.32. The van der Waals surface area contributed by atoms with E-state index < -0.39 is 5.38 Å². The predicted octanol–water partition coefficient (Wildman–Crippen LogP) is 4.36. The van der Waals surface area contributed by atoms with Gasteiger partial charge in [0.05, 0.1) is 0 Å². The van der Waals surface area contributed by atoms with E-state index >= 15 is 0 Å². The Morgan fingerprint density at radius 2 is 1.64 bits per heavy atom. The second-order valence-electron chi connectivity index (χ2n) is 7.89. The second kappa shape index (κ2) is 9.55. The van der Waals surface area contributed by atoms with Crippen LogP contribution in [0, 0.1) is 12.8 Å². The van der Waals surface area contributed by atoms with Gasteiger partial charge in [0.15, 0.2) is 0 Å². The highest BCUT2D eigenvalue weighted by Crippen LogP contribution is 2.44. The maximum absolute atomic E-state index is 12.6. The largest absolute Gasteiger partial charge is 0.412 e. The van der Waals surface area contributed by atoms with Crippen LogP contribution in [-0.2, 0) is 10.3 Å². The minimum atomic E-state index is -0.498. The van der Waals surface area contributed by atoms with Crippen molar-refractivity contribution in [1.82, 2.24) is 4.90 Å². The number of carbonyl (C=O) groups excluding carboxylic acids is 1. The Labute approximate surface area is 173 Å². The molecule has 0 radical (unpaired) electrons. The molecule has 1 aliphatic rings. The Balaban J connectivity index is 0.00000280. The molecule has 3 rings (SSSR count). The van der Waals surface area contributed by atoms with Crippen molar-refractivity contribution in [2.75, 3.05) is 19.4 Å². The van der Waals surface area contributed by atoms with Crippen molar-refractivity contribution in [3.05, 3.63) is 65.7 Å². The SMILES string of the molecule is Cc1ccc(NC(=O)C(Cl)C2CCC(c3ccccc3)(N(C)C)CC2)cc1.O. The molecule has 1 amide bonds. The molecule has 0 aliphatic heterocycles. The van der Waals surface area contributed by atoms with Crippen molar-refractivity contribution in [3.8, 4) is 0 Å². The third-order valence-corrected chi connectivity index (χ3v) is 6.56. The highest BCUT2D eigenvalue weighted by Gasteiger charge is 2.41. The molecule has 5 heteroatoms. The van der Waals surface area contributed by atoms with E-state index in [-0.39, 0.29) is 22.8 Å². The van der Waals surface area contributed by atoms with E-state index in [9.17, 15) is 4.79 Å². The van der Waals surface area contributed by atoms with Gasteiger partial charge in [-0.2, -0.15) is 0 Å². The molecular formula is C23H31ClN2O2. The van der Waals surface area contributed by atoms with Crippen LogP contribution < -0.4 is 5.32 Å². The van der Waals surface area contributed by atoms with Gasteiger partial charge in [-0.3, -0.25) is 9.69 Å². The number of halogens is 1. The lowest BCUT2D eigenvalue weighted by molar-refractivity contribution is -0.117. The molecule has 2 aromatic rings. The van der Waals surface area contributed by atoms with Crippen LogP contribution in [0.3, 0.4) is 0 Å². The zero-order valence-electron chi connectivity index (χ0n) is 16.9. The molecule has 28 heavy (non-hydrogen) atoms. The van der Waals surface area contributed by atoms with Crippen molar-refractivity contribution < 1.29 is 10.3 Å². The number of anilines is 1. The van der Waals surface area contributed by atoms with Gasteiger partial charge in [-0.15, -0.1) is 11.6 Å². The second-order valence-corrected chi connectivity index (χ2v) is 8.36. The van der Waals surface area contributed by atoms with Gasteiger partial charge in [0.1, 0.15) is 5.38 Å². The minimum Gasteiger partial charge on any atom is -0.412 e. The molecule has 1 unspecified atom stereocenters. The zero-order valence-corrected chi connectivity index (χ0v) is 17.7. The van der Waals surface area contributed by atoms with Crippen LogP contribution in [0.4, 0.5) is 5.69 Å². The first-order chi connectivity index (χ1) is 12.9. The maximum atomic E-state index is 12.6. The summed E-state index contributed by atoms with van der Waals surface area (Å²) >= 11 is 6.58. The van der Waals surface area contributed by atoms with Crippen LogP contribution in [0.15, 0.2) is 54.6 Å². The Bertz CT molecular complexity index is 754. The Kier molecular flexibility index (Phi) is 7.64. The van der Waals surface area contributed by atoms with Gasteiger partial charge in [-0.05, 0) is 70.3 Å². The summed E-state index contributed by atoms with van der Waals surface area (Å²) in [5.74, 6) is 0.108. The molecule has 1 aliphatic carbocycles. The number of nitrogens with one attached hydrogen (secondary N) is 1. The first kappa shape index (κ1) is 22.4. The van der Waals surface area contributed by atoms with Crippen LogP contribution in [0.25, 0.3) is 0 Å². The average Bonchev–Trinajstić information content (AvgIpc) is 2.69. The van der Waals surface area contributed by atoms with Gasteiger partial charge in [-0.25, -0.2) is 0 Å². The summed E-state index contributed by atoms with van der Waals surface area (Å²) < 4.78 is 0. The molecule has 1 fully saturated rings. The quantitative estimate of drug-likeness (QED) is 0.755. The topological polar surface area (TPSA) is 63.8 Å². The van der Waals surface area contributed by atoms with Gasteiger partial charge in [0.25, 0.3) is 0 Å². The minimum absolute atomic E-state index is 0. The van der Waals surface area contributed by atoms with Gasteiger partial charge in [0, 0.05) is 11.2 Å². The maximum Gasteiger partial charge on any atom is 0.242 e.